The zero-order valence-electron chi connectivity index (χ0n) is 11.2. The van der Waals surface area contributed by atoms with Crippen molar-refractivity contribution < 1.29 is 13.5 Å². The van der Waals surface area contributed by atoms with E-state index in [1.54, 1.807) is 0 Å². The highest BCUT2D eigenvalue weighted by Gasteiger charge is 2.28. The number of morpholine rings is 1. The molecule has 1 aromatic carbocycles. The number of ether oxygens (including phenoxy) is 1. The van der Waals surface area contributed by atoms with Gasteiger partial charge in [0, 0.05) is 18.7 Å². The van der Waals surface area contributed by atoms with E-state index in [0.29, 0.717) is 13.2 Å². The Kier molecular flexibility index (Phi) is 5.45. The summed E-state index contributed by atoms with van der Waals surface area (Å²) in [4.78, 5) is 2.10. The molecule has 4 nitrogen and oxygen atoms in total. The van der Waals surface area contributed by atoms with Crippen LogP contribution >= 0.6 is 15.9 Å². The third-order valence-electron chi connectivity index (χ3n) is 3.52. The second-order valence-corrected chi connectivity index (χ2v) is 5.82. The molecule has 1 fully saturated rings. The Labute approximate surface area is 125 Å². The predicted octanol–water partition coefficient (Wildman–Crippen LogP) is 1.43. The van der Waals surface area contributed by atoms with Crippen LogP contribution in [0.4, 0.5) is 8.78 Å². The average molecular weight is 350 g/mol. The molecule has 0 saturated carbocycles. The SMILES string of the molecule is CN1CCOC(C(Cc2c(F)ccc(Br)c2F)NN)C1. The second-order valence-electron chi connectivity index (χ2n) is 4.97. The minimum atomic E-state index is -0.589. The number of benzene rings is 1. The molecule has 0 spiro atoms. The summed E-state index contributed by atoms with van der Waals surface area (Å²) >= 11 is 3.06. The number of nitrogens with zero attached hydrogens (tertiary/aromatic N) is 1. The molecule has 3 N–H and O–H groups in total. The van der Waals surface area contributed by atoms with Gasteiger partial charge in [-0.15, -0.1) is 0 Å². The minimum absolute atomic E-state index is 0.0131. The molecular formula is C13H18BrF2N3O. The van der Waals surface area contributed by atoms with Crippen molar-refractivity contribution in [2.75, 3.05) is 26.7 Å². The number of nitrogens with two attached hydrogens (primary N) is 1. The van der Waals surface area contributed by atoms with Crippen molar-refractivity contribution in [2.24, 2.45) is 5.84 Å². The van der Waals surface area contributed by atoms with Crippen molar-refractivity contribution in [1.82, 2.24) is 10.3 Å². The normalized spacial score (nSPS) is 21.9. The van der Waals surface area contributed by atoms with Crippen molar-refractivity contribution in [2.45, 2.75) is 18.6 Å². The number of likely N-dealkylation sites (N-methyl/N-ethyl adjacent to an activating group) is 1. The Hall–Kier alpha value is -0.600. The summed E-state index contributed by atoms with van der Waals surface area (Å²) in [7, 11) is 1.98. The Morgan fingerprint density at radius 3 is 2.95 bits per heavy atom. The molecule has 0 aromatic heterocycles. The van der Waals surface area contributed by atoms with Crippen LogP contribution in [-0.2, 0) is 11.2 Å². The van der Waals surface area contributed by atoms with E-state index in [1.165, 1.54) is 12.1 Å². The van der Waals surface area contributed by atoms with Gasteiger partial charge in [0.05, 0.1) is 23.2 Å². The first-order chi connectivity index (χ1) is 9.52. The Bertz CT molecular complexity index is 475. The fraction of sp³-hybridized carbons (Fsp3) is 0.538. The van der Waals surface area contributed by atoms with E-state index in [1.807, 2.05) is 7.05 Å². The molecule has 0 amide bonds. The molecule has 0 bridgehead atoms. The molecule has 2 atom stereocenters. The van der Waals surface area contributed by atoms with Crippen LogP contribution in [0.5, 0.6) is 0 Å². The maximum Gasteiger partial charge on any atom is 0.143 e. The Morgan fingerprint density at radius 2 is 2.30 bits per heavy atom. The van der Waals surface area contributed by atoms with Crippen LogP contribution in [0.2, 0.25) is 0 Å². The number of nitrogens with one attached hydrogen (secondary N) is 1. The molecule has 1 aliphatic heterocycles. The van der Waals surface area contributed by atoms with E-state index in [4.69, 9.17) is 10.6 Å². The molecule has 1 saturated heterocycles. The fourth-order valence-electron chi connectivity index (χ4n) is 2.33. The summed E-state index contributed by atoms with van der Waals surface area (Å²) in [6.45, 7) is 2.10. The molecule has 2 rings (SSSR count). The van der Waals surface area contributed by atoms with Crippen LogP contribution in [0.3, 0.4) is 0 Å². The first-order valence-electron chi connectivity index (χ1n) is 6.41. The predicted molar refractivity (Wildman–Crippen MR) is 76.1 cm³/mol. The van der Waals surface area contributed by atoms with Gasteiger partial charge in [0.1, 0.15) is 11.6 Å². The lowest BCUT2D eigenvalue weighted by Gasteiger charge is -2.35. The number of hydrogen-bond donors (Lipinski definition) is 2. The van der Waals surface area contributed by atoms with Gasteiger partial charge in [0.15, 0.2) is 0 Å². The van der Waals surface area contributed by atoms with Crippen molar-refractivity contribution in [1.29, 1.82) is 0 Å². The Balaban J connectivity index is 2.16. The van der Waals surface area contributed by atoms with Gasteiger partial charge in [-0.05, 0) is 41.5 Å². The van der Waals surface area contributed by atoms with Crippen LogP contribution in [0.25, 0.3) is 0 Å². The third-order valence-corrected chi connectivity index (χ3v) is 4.13. The van der Waals surface area contributed by atoms with Gasteiger partial charge in [-0.25, -0.2) is 8.78 Å². The van der Waals surface area contributed by atoms with Gasteiger partial charge in [-0.1, -0.05) is 0 Å². The van der Waals surface area contributed by atoms with Gasteiger partial charge >= 0.3 is 0 Å². The summed E-state index contributed by atoms with van der Waals surface area (Å²) in [5, 5.41) is 0. The molecule has 7 heteroatoms. The largest absolute Gasteiger partial charge is 0.374 e. The van der Waals surface area contributed by atoms with Crippen molar-refractivity contribution in [3.8, 4) is 0 Å². The topological polar surface area (TPSA) is 50.5 Å². The smallest absolute Gasteiger partial charge is 0.143 e. The van der Waals surface area contributed by atoms with Crippen LogP contribution in [0.15, 0.2) is 16.6 Å². The highest BCUT2D eigenvalue weighted by Crippen LogP contribution is 2.24. The van der Waals surface area contributed by atoms with Crippen LogP contribution < -0.4 is 11.3 Å². The van der Waals surface area contributed by atoms with E-state index in [9.17, 15) is 8.78 Å². The van der Waals surface area contributed by atoms with Gasteiger partial charge < -0.3 is 9.64 Å². The van der Waals surface area contributed by atoms with E-state index in [2.05, 4.69) is 26.3 Å². The van der Waals surface area contributed by atoms with E-state index >= 15 is 0 Å². The molecule has 112 valence electrons. The zero-order chi connectivity index (χ0) is 14.7. The van der Waals surface area contributed by atoms with Crippen LogP contribution in [0, 0.1) is 11.6 Å². The first kappa shape index (κ1) is 15.8. The first-order valence-corrected chi connectivity index (χ1v) is 7.21. The highest BCUT2D eigenvalue weighted by molar-refractivity contribution is 9.10. The standard InChI is InChI=1S/C13H18BrF2N3O/c1-19-4-5-20-12(7-19)11(18-17)6-8-10(15)3-2-9(14)13(8)16/h2-3,11-12,18H,4-7,17H2,1H3. The molecule has 2 unspecified atom stereocenters. The molecule has 1 heterocycles. The molecule has 20 heavy (non-hydrogen) atoms. The molecule has 1 aromatic rings. The number of rotatable bonds is 4. The zero-order valence-corrected chi connectivity index (χ0v) is 12.8. The molecular weight excluding hydrogens is 332 g/mol. The summed E-state index contributed by atoms with van der Waals surface area (Å²) in [6, 6.07) is 2.24. The summed E-state index contributed by atoms with van der Waals surface area (Å²) in [5.41, 5.74) is 2.63. The van der Waals surface area contributed by atoms with Crippen molar-refractivity contribution in [3.63, 3.8) is 0 Å². The average Bonchev–Trinajstić information content (AvgIpc) is 2.43. The van der Waals surface area contributed by atoms with E-state index in [0.717, 1.165) is 6.54 Å². The third kappa shape index (κ3) is 3.53. The van der Waals surface area contributed by atoms with Crippen LogP contribution in [-0.4, -0.2) is 43.8 Å². The van der Waals surface area contributed by atoms with Gasteiger partial charge in [0.25, 0.3) is 0 Å². The van der Waals surface area contributed by atoms with E-state index in [-0.39, 0.29) is 28.6 Å². The maximum absolute atomic E-state index is 14.0. The Morgan fingerprint density at radius 1 is 1.55 bits per heavy atom. The van der Waals surface area contributed by atoms with Crippen molar-refractivity contribution in [3.05, 3.63) is 33.8 Å². The minimum Gasteiger partial charge on any atom is -0.374 e. The number of hydrogen-bond acceptors (Lipinski definition) is 4. The quantitative estimate of drug-likeness (QED) is 0.490. The maximum atomic E-state index is 14.0. The fourth-order valence-corrected chi connectivity index (χ4v) is 2.70. The lowest BCUT2D eigenvalue weighted by atomic mass is 9.99. The highest BCUT2D eigenvalue weighted by atomic mass is 79.9. The van der Waals surface area contributed by atoms with Gasteiger partial charge in [-0.3, -0.25) is 11.3 Å². The number of hydrazine groups is 1. The molecule has 1 aliphatic rings. The molecule has 0 radical (unpaired) electrons. The summed E-state index contributed by atoms with van der Waals surface area (Å²) in [6.07, 6.45) is -0.0666. The second kappa shape index (κ2) is 6.91. The lowest BCUT2D eigenvalue weighted by Crippen LogP contribution is -2.54. The summed E-state index contributed by atoms with van der Waals surface area (Å²) in [5.74, 6) is 4.37. The summed E-state index contributed by atoms with van der Waals surface area (Å²) < 4.78 is 33.7. The van der Waals surface area contributed by atoms with Crippen molar-refractivity contribution >= 4 is 15.9 Å². The number of halogens is 3. The molecule has 0 aliphatic carbocycles. The lowest BCUT2D eigenvalue weighted by molar-refractivity contribution is -0.0386. The van der Waals surface area contributed by atoms with Gasteiger partial charge in [0.2, 0.25) is 0 Å². The van der Waals surface area contributed by atoms with Gasteiger partial charge in [-0.2, -0.15) is 0 Å². The monoisotopic (exact) mass is 349 g/mol. The van der Waals surface area contributed by atoms with Crippen LogP contribution in [0.1, 0.15) is 5.56 Å². The van der Waals surface area contributed by atoms with E-state index < -0.39 is 11.6 Å².